The Labute approximate surface area is 107 Å². The van der Waals surface area contributed by atoms with E-state index in [4.69, 9.17) is 0 Å². The Bertz CT molecular complexity index is 607. The molecule has 0 aliphatic carbocycles. The fourth-order valence-corrected chi connectivity index (χ4v) is 2.56. The summed E-state index contributed by atoms with van der Waals surface area (Å²) in [5.74, 6) is -1.68. The maximum atomic E-state index is 13.4. The molecule has 2 rings (SSSR count). The van der Waals surface area contributed by atoms with Crippen LogP contribution in [-0.4, -0.2) is 5.91 Å². The number of aryl methyl sites for hydroxylation is 2. The van der Waals surface area contributed by atoms with Gasteiger partial charge in [-0.2, -0.15) is 0 Å². The van der Waals surface area contributed by atoms with Crippen LogP contribution in [0.1, 0.15) is 20.1 Å². The molecule has 1 N–H and O–H groups in total. The van der Waals surface area contributed by atoms with E-state index in [1.807, 2.05) is 13.8 Å². The van der Waals surface area contributed by atoms with Gasteiger partial charge in [-0.15, -0.1) is 11.3 Å². The minimum atomic E-state index is -0.658. The summed E-state index contributed by atoms with van der Waals surface area (Å²) in [7, 11) is 0. The van der Waals surface area contributed by atoms with Crippen LogP contribution < -0.4 is 5.32 Å². The van der Waals surface area contributed by atoms with Crippen molar-refractivity contribution >= 4 is 22.9 Å². The molecule has 2 nitrogen and oxygen atoms in total. The largest absolute Gasteiger partial charge is 0.319 e. The van der Waals surface area contributed by atoms with Gasteiger partial charge in [0.05, 0.1) is 11.3 Å². The topological polar surface area (TPSA) is 29.1 Å². The molecule has 0 aliphatic heterocycles. The highest BCUT2D eigenvalue weighted by molar-refractivity contribution is 7.12. The molecule has 94 valence electrons. The Kier molecular flexibility index (Phi) is 3.43. The lowest BCUT2D eigenvalue weighted by atomic mass is 10.2. The fourth-order valence-electron chi connectivity index (χ4n) is 1.64. The average molecular weight is 267 g/mol. The van der Waals surface area contributed by atoms with E-state index < -0.39 is 17.5 Å². The second-order valence-electron chi connectivity index (χ2n) is 3.91. The van der Waals surface area contributed by atoms with E-state index in [-0.39, 0.29) is 5.69 Å². The van der Waals surface area contributed by atoms with Crippen LogP contribution in [0.4, 0.5) is 14.5 Å². The van der Waals surface area contributed by atoms with Crippen molar-refractivity contribution in [1.29, 1.82) is 0 Å². The van der Waals surface area contributed by atoms with Gasteiger partial charge in [-0.3, -0.25) is 4.79 Å². The van der Waals surface area contributed by atoms with Crippen molar-refractivity contribution in [1.82, 2.24) is 0 Å². The number of anilines is 1. The van der Waals surface area contributed by atoms with Gasteiger partial charge in [0.2, 0.25) is 0 Å². The molecule has 0 saturated carbocycles. The maximum Gasteiger partial charge on any atom is 0.256 e. The van der Waals surface area contributed by atoms with Gasteiger partial charge < -0.3 is 5.32 Å². The number of amides is 1. The van der Waals surface area contributed by atoms with Gasteiger partial charge >= 0.3 is 0 Å². The highest BCUT2D eigenvalue weighted by Gasteiger charge is 2.14. The van der Waals surface area contributed by atoms with Crippen LogP contribution in [0.2, 0.25) is 0 Å². The van der Waals surface area contributed by atoms with Crippen LogP contribution in [0.5, 0.6) is 0 Å². The SMILES string of the molecule is Cc1cc(C(=O)Nc2cc(F)ccc2F)c(C)s1. The van der Waals surface area contributed by atoms with Gasteiger partial charge in [-0.1, -0.05) is 0 Å². The minimum Gasteiger partial charge on any atom is -0.319 e. The van der Waals surface area contributed by atoms with Crippen LogP contribution in [0.3, 0.4) is 0 Å². The molecule has 18 heavy (non-hydrogen) atoms. The second-order valence-corrected chi connectivity index (χ2v) is 5.37. The summed E-state index contributed by atoms with van der Waals surface area (Å²) < 4.78 is 26.3. The third-order valence-electron chi connectivity index (χ3n) is 2.46. The molecule has 2 aromatic rings. The first-order valence-corrected chi connectivity index (χ1v) is 6.12. The lowest BCUT2D eigenvalue weighted by molar-refractivity contribution is 0.102. The molecule has 1 heterocycles. The van der Waals surface area contributed by atoms with Gasteiger partial charge in [0.15, 0.2) is 0 Å². The van der Waals surface area contributed by atoms with E-state index in [9.17, 15) is 13.6 Å². The van der Waals surface area contributed by atoms with Crippen LogP contribution >= 0.6 is 11.3 Å². The van der Waals surface area contributed by atoms with Crippen molar-refractivity contribution in [3.05, 3.63) is 51.2 Å². The number of carbonyl (C=O) groups excluding carboxylic acids is 1. The van der Waals surface area contributed by atoms with Crippen molar-refractivity contribution in [2.24, 2.45) is 0 Å². The van der Waals surface area contributed by atoms with Gasteiger partial charge in [0.25, 0.3) is 5.91 Å². The van der Waals surface area contributed by atoms with Gasteiger partial charge in [-0.25, -0.2) is 8.78 Å². The Hall–Kier alpha value is -1.75. The average Bonchev–Trinajstić information content (AvgIpc) is 2.63. The first-order chi connectivity index (χ1) is 8.47. The first-order valence-electron chi connectivity index (χ1n) is 5.31. The number of nitrogens with one attached hydrogen (secondary N) is 1. The molecular weight excluding hydrogens is 256 g/mol. The fraction of sp³-hybridized carbons (Fsp3) is 0.154. The molecule has 0 saturated heterocycles. The van der Waals surface area contributed by atoms with Crippen LogP contribution in [0.25, 0.3) is 0 Å². The molecule has 0 atom stereocenters. The van der Waals surface area contributed by atoms with Crippen molar-refractivity contribution in [3.8, 4) is 0 Å². The number of benzene rings is 1. The van der Waals surface area contributed by atoms with E-state index in [1.165, 1.54) is 11.3 Å². The van der Waals surface area contributed by atoms with Crippen LogP contribution in [-0.2, 0) is 0 Å². The van der Waals surface area contributed by atoms with Gasteiger partial charge in [-0.05, 0) is 32.0 Å². The molecule has 0 radical (unpaired) electrons. The van der Waals surface area contributed by atoms with E-state index in [1.54, 1.807) is 6.07 Å². The molecule has 0 fully saturated rings. The molecule has 0 aliphatic rings. The number of rotatable bonds is 2. The summed E-state index contributed by atoms with van der Waals surface area (Å²) in [6.45, 7) is 3.70. The quantitative estimate of drug-likeness (QED) is 0.878. The first kappa shape index (κ1) is 12.7. The summed E-state index contributed by atoms with van der Waals surface area (Å²) in [5, 5.41) is 2.37. The molecule has 1 aromatic heterocycles. The smallest absolute Gasteiger partial charge is 0.256 e. The standard InChI is InChI=1S/C13H11F2NOS/c1-7-5-10(8(2)18-7)13(17)16-12-6-9(14)3-4-11(12)15/h3-6H,1-2H3,(H,16,17). The van der Waals surface area contributed by atoms with E-state index >= 15 is 0 Å². The third-order valence-corrected chi connectivity index (χ3v) is 3.43. The molecule has 1 aromatic carbocycles. The molecule has 5 heteroatoms. The lowest BCUT2D eigenvalue weighted by Gasteiger charge is -2.06. The van der Waals surface area contributed by atoms with Gasteiger partial charge in [0, 0.05) is 15.8 Å². The van der Waals surface area contributed by atoms with E-state index in [0.29, 0.717) is 5.56 Å². The normalized spacial score (nSPS) is 10.4. The van der Waals surface area contributed by atoms with Crippen molar-refractivity contribution in [2.45, 2.75) is 13.8 Å². The number of hydrogen-bond donors (Lipinski definition) is 1. The van der Waals surface area contributed by atoms with E-state index in [0.717, 1.165) is 28.0 Å². The highest BCUT2D eigenvalue weighted by Crippen LogP contribution is 2.22. The number of carbonyl (C=O) groups is 1. The van der Waals surface area contributed by atoms with Gasteiger partial charge in [0.1, 0.15) is 11.6 Å². The van der Waals surface area contributed by atoms with Crippen LogP contribution in [0.15, 0.2) is 24.3 Å². The summed E-state index contributed by atoms with van der Waals surface area (Å²) in [6.07, 6.45) is 0. The number of thiophene rings is 1. The summed E-state index contributed by atoms with van der Waals surface area (Å²) in [4.78, 5) is 13.8. The Morgan fingerprint density at radius 1 is 1.22 bits per heavy atom. The molecule has 0 spiro atoms. The second kappa shape index (κ2) is 4.86. The summed E-state index contributed by atoms with van der Waals surface area (Å²) in [6, 6.07) is 4.68. The number of hydrogen-bond acceptors (Lipinski definition) is 2. The third kappa shape index (κ3) is 2.56. The highest BCUT2D eigenvalue weighted by atomic mass is 32.1. The predicted octanol–water partition coefficient (Wildman–Crippen LogP) is 3.90. The zero-order valence-electron chi connectivity index (χ0n) is 9.88. The molecular formula is C13H11F2NOS. The summed E-state index contributed by atoms with van der Waals surface area (Å²) >= 11 is 1.49. The van der Waals surface area contributed by atoms with Crippen LogP contribution in [0, 0.1) is 25.5 Å². The van der Waals surface area contributed by atoms with Crippen molar-refractivity contribution in [3.63, 3.8) is 0 Å². The molecule has 0 bridgehead atoms. The predicted molar refractivity (Wildman–Crippen MR) is 68.1 cm³/mol. The zero-order chi connectivity index (χ0) is 13.3. The lowest BCUT2D eigenvalue weighted by Crippen LogP contribution is -2.13. The minimum absolute atomic E-state index is 0.150. The number of halogens is 2. The molecule has 1 amide bonds. The summed E-state index contributed by atoms with van der Waals surface area (Å²) in [5.41, 5.74) is 0.337. The molecule has 0 unspecified atom stereocenters. The Morgan fingerprint density at radius 2 is 1.94 bits per heavy atom. The Balaban J connectivity index is 2.26. The monoisotopic (exact) mass is 267 g/mol. The maximum absolute atomic E-state index is 13.4. The Morgan fingerprint density at radius 3 is 2.56 bits per heavy atom. The zero-order valence-corrected chi connectivity index (χ0v) is 10.7. The van der Waals surface area contributed by atoms with E-state index in [2.05, 4.69) is 5.32 Å². The van der Waals surface area contributed by atoms with Crippen molar-refractivity contribution < 1.29 is 13.6 Å². The van der Waals surface area contributed by atoms with Crippen molar-refractivity contribution in [2.75, 3.05) is 5.32 Å².